The predicted molar refractivity (Wildman–Crippen MR) is 100 cm³/mol. The maximum atomic E-state index is 11.8. The average Bonchev–Trinajstić information content (AvgIpc) is 3.07. The highest BCUT2D eigenvalue weighted by molar-refractivity contribution is 6.04. The monoisotopic (exact) mass is 330 g/mol. The van der Waals surface area contributed by atoms with Crippen molar-refractivity contribution >= 4 is 33.5 Å². The first-order chi connectivity index (χ1) is 12.1. The molecule has 3 aromatic carbocycles. The van der Waals surface area contributed by atoms with E-state index in [1.807, 2.05) is 62.4 Å². The quantitative estimate of drug-likeness (QED) is 0.558. The van der Waals surface area contributed by atoms with Crippen LogP contribution in [0.4, 0.5) is 5.69 Å². The lowest BCUT2D eigenvalue weighted by atomic mass is 10.1. The highest BCUT2D eigenvalue weighted by atomic mass is 16.3. The zero-order valence-corrected chi connectivity index (χ0v) is 14.1. The molecule has 1 aromatic heterocycles. The zero-order valence-electron chi connectivity index (χ0n) is 14.1. The molecule has 1 heterocycles. The normalized spacial score (nSPS) is 11.3. The molecule has 0 saturated carbocycles. The molecular formula is C21H18N2O2. The van der Waals surface area contributed by atoms with Gasteiger partial charge in [-0.25, -0.2) is 4.98 Å². The number of anilines is 1. The van der Waals surface area contributed by atoms with Gasteiger partial charge in [-0.2, -0.15) is 0 Å². The van der Waals surface area contributed by atoms with Crippen molar-refractivity contribution in [3.63, 3.8) is 0 Å². The van der Waals surface area contributed by atoms with Gasteiger partial charge in [-0.3, -0.25) is 4.79 Å². The molecule has 4 rings (SSSR count). The minimum atomic E-state index is -0.0509. The number of fused-ring (bicyclic) bond motifs is 3. The van der Waals surface area contributed by atoms with Crippen molar-refractivity contribution in [3.8, 4) is 11.5 Å². The largest absolute Gasteiger partial charge is 0.436 e. The molecule has 0 aliphatic heterocycles. The number of aromatic nitrogens is 1. The van der Waals surface area contributed by atoms with Crippen molar-refractivity contribution in [3.05, 3.63) is 60.7 Å². The lowest BCUT2D eigenvalue weighted by Crippen LogP contribution is -2.17. The van der Waals surface area contributed by atoms with Crippen LogP contribution in [0, 0.1) is 5.92 Å². The van der Waals surface area contributed by atoms with Crippen LogP contribution in [0.3, 0.4) is 0 Å². The summed E-state index contributed by atoms with van der Waals surface area (Å²) >= 11 is 0. The topological polar surface area (TPSA) is 55.1 Å². The Morgan fingerprint density at radius 3 is 2.52 bits per heavy atom. The molecule has 124 valence electrons. The van der Waals surface area contributed by atoms with Gasteiger partial charge in [-0.1, -0.05) is 44.2 Å². The Morgan fingerprint density at radius 1 is 1.00 bits per heavy atom. The molecule has 0 aliphatic rings. The van der Waals surface area contributed by atoms with Gasteiger partial charge < -0.3 is 9.73 Å². The fraction of sp³-hybridized carbons (Fsp3) is 0.143. The molecule has 0 fully saturated rings. The van der Waals surface area contributed by atoms with Crippen LogP contribution >= 0.6 is 0 Å². The van der Waals surface area contributed by atoms with Crippen LogP contribution in [0.2, 0.25) is 0 Å². The highest BCUT2D eigenvalue weighted by Crippen LogP contribution is 2.30. The second kappa shape index (κ2) is 6.06. The van der Waals surface area contributed by atoms with Crippen molar-refractivity contribution in [1.29, 1.82) is 0 Å². The first-order valence-corrected chi connectivity index (χ1v) is 8.31. The van der Waals surface area contributed by atoms with Gasteiger partial charge in [-0.15, -0.1) is 0 Å². The molecule has 4 heteroatoms. The third kappa shape index (κ3) is 2.87. The van der Waals surface area contributed by atoms with Crippen LogP contribution in [0.5, 0.6) is 0 Å². The molecule has 0 aliphatic carbocycles. The molecule has 0 bridgehead atoms. The second-order valence-electron chi connectivity index (χ2n) is 6.37. The van der Waals surface area contributed by atoms with E-state index in [9.17, 15) is 4.79 Å². The molecule has 4 aromatic rings. The van der Waals surface area contributed by atoms with Gasteiger partial charge in [0.2, 0.25) is 11.8 Å². The standard InChI is InChI=1S/C21H18N2O2/c1-13(2)20(24)22-16-10-7-15(8-11-16)21-23-19-17-6-4-3-5-14(17)9-12-18(19)25-21/h3-13H,1-2H3,(H,22,24). The van der Waals surface area contributed by atoms with Crippen molar-refractivity contribution in [2.45, 2.75) is 13.8 Å². The number of hydrogen-bond donors (Lipinski definition) is 1. The molecular weight excluding hydrogens is 312 g/mol. The average molecular weight is 330 g/mol. The summed E-state index contributed by atoms with van der Waals surface area (Å²) < 4.78 is 5.92. The molecule has 0 spiro atoms. The van der Waals surface area contributed by atoms with E-state index in [1.165, 1.54) is 0 Å². The minimum Gasteiger partial charge on any atom is -0.436 e. The van der Waals surface area contributed by atoms with Crippen molar-refractivity contribution in [2.75, 3.05) is 5.32 Å². The maximum absolute atomic E-state index is 11.8. The van der Waals surface area contributed by atoms with E-state index in [1.54, 1.807) is 0 Å². The number of hydrogen-bond acceptors (Lipinski definition) is 3. The smallest absolute Gasteiger partial charge is 0.227 e. The van der Waals surface area contributed by atoms with E-state index in [4.69, 9.17) is 4.42 Å². The Bertz CT molecular complexity index is 1060. The van der Waals surface area contributed by atoms with Gasteiger partial charge in [0.15, 0.2) is 5.58 Å². The van der Waals surface area contributed by atoms with Gasteiger partial charge in [0.1, 0.15) is 5.52 Å². The number of nitrogens with one attached hydrogen (secondary N) is 1. The van der Waals surface area contributed by atoms with Crippen LogP contribution in [0.15, 0.2) is 65.1 Å². The summed E-state index contributed by atoms with van der Waals surface area (Å²) in [4.78, 5) is 16.4. The van der Waals surface area contributed by atoms with Gasteiger partial charge >= 0.3 is 0 Å². The number of rotatable bonds is 3. The Balaban J connectivity index is 1.70. The molecule has 0 radical (unpaired) electrons. The molecule has 4 nitrogen and oxygen atoms in total. The summed E-state index contributed by atoms with van der Waals surface area (Å²) in [5.74, 6) is 0.527. The Morgan fingerprint density at radius 2 is 1.76 bits per heavy atom. The summed E-state index contributed by atoms with van der Waals surface area (Å²) in [6.45, 7) is 3.73. The third-order valence-electron chi connectivity index (χ3n) is 4.21. The van der Waals surface area contributed by atoms with Crippen LogP contribution in [0.25, 0.3) is 33.3 Å². The van der Waals surface area contributed by atoms with E-state index in [2.05, 4.69) is 22.4 Å². The molecule has 0 saturated heterocycles. The number of amides is 1. The fourth-order valence-electron chi connectivity index (χ4n) is 2.77. The van der Waals surface area contributed by atoms with E-state index in [0.29, 0.717) is 5.89 Å². The lowest BCUT2D eigenvalue weighted by molar-refractivity contribution is -0.118. The summed E-state index contributed by atoms with van der Waals surface area (Å²) in [5.41, 5.74) is 3.28. The van der Waals surface area contributed by atoms with Crippen molar-refractivity contribution in [2.24, 2.45) is 5.92 Å². The van der Waals surface area contributed by atoms with Crippen LogP contribution in [-0.2, 0) is 4.79 Å². The van der Waals surface area contributed by atoms with Gasteiger partial charge in [-0.05, 0) is 35.7 Å². The number of benzene rings is 3. The predicted octanol–water partition coefficient (Wildman–Crippen LogP) is 5.24. The molecule has 0 atom stereocenters. The maximum Gasteiger partial charge on any atom is 0.227 e. The van der Waals surface area contributed by atoms with Crippen molar-refractivity contribution in [1.82, 2.24) is 4.98 Å². The summed E-state index contributed by atoms with van der Waals surface area (Å²) in [6.07, 6.45) is 0. The van der Waals surface area contributed by atoms with Crippen LogP contribution in [-0.4, -0.2) is 10.9 Å². The summed E-state index contributed by atoms with van der Waals surface area (Å²) in [5, 5.41) is 5.10. The van der Waals surface area contributed by atoms with E-state index in [0.717, 1.165) is 33.1 Å². The fourth-order valence-corrected chi connectivity index (χ4v) is 2.77. The Hall–Kier alpha value is -3.14. The third-order valence-corrected chi connectivity index (χ3v) is 4.21. The zero-order chi connectivity index (χ0) is 17.4. The molecule has 0 unspecified atom stereocenters. The minimum absolute atomic E-state index is 0.00100. The van der Waals surface area contributed by atoms with E-state index < -0.39 is 0 Å². The van der Waals surface area contributed by atoms with Gasteiger partial charge in [0.25, 0.3) is 0 Å². The second-order valence-corrected chi connectivity index (χ2v) is 6.37. The van der Waals surface area contributed by atoms with Gasteiger partial charge in [0, 0.05) is 22.6 Å². The number of nitrogens with zero attached hydrogens (tertiary/aromatic N) is 1. The first kappa shape index (κ1) is 15.4. The highest BCUT2D eigenvalue weighted by Gasteiger charge is 2.12. The SMILES string of the molecule is CC(C)C(=O)Nc1ccc(-c2nc3c(ccc4ccccc43)o2)cc1. The lowest BCUT2D eigenvalue weighted by Gasteiger charge is -2.07. The van der Waals surface area contributed by atoms with Crippen LogP contribution in [0.1, 0.15) is 13.8 Å². The summed E-state index contributed by atoms with van der Waals surface area (Å²) in [7, 11) is 0. The molecule has 1 amide bonds. The van der Waals surface area contributed by atoms with Crippen molar-refractivity contribution < 1.29 is 9.21 Å². The van der Waals surface area contributed by atoms with Gasteiger partial charge in [0.05, 0.1) is 0 Å². The Labute approximate surface area is 145 Å². The van der Waals surface area contributed by atoms with E-state index >= 15 is 0 Å². The molecule has 1 N–H and O–H groups in total. The molecule has 25 heavy (non-hydrogen) atoms. The summed E-state index contributed by atoms with van der Waals surface area (Å²) in [6, 6.07) is 19.7. The Kier molecular flexibility index (Phi) is 3.73. The van der Waals surface area contributed by atoms with E-state index in [-0.39, 0.29) is 11.8 Å². The first-order valence-electron chi connectivity index (χ1n) is 8.31. The van der Waals surface area contributed by atoms with Crippen LogP contribution < -0.4 is 5.32 Å². The number of carbonyl (C=O) groups excluding carboxylic acids is 1. The number of carbonyl (C=O) groups is 1. The number of oxazole rings is 1.